The Morgan fingerprint density at radius 1 is 1.39 bits per heavy atom. The van der Waals surface area contributed by atoms with Gasteiger partial charge in [0.15, 0.2) is 5.82 Å². The molecular formula is C12H15BrN4O. The summed E-state index contributed by atoms with van der Waals surface area (Å²) in [5, 5.41) is 3.93. The molecule has 0 aliphatic rings. The quantitative estimate of drug-likeness (QED) is 0.922. The number of pyridine rings is 1. The molecule has 6 heteroatoms. The van der Waals surface area contributed by atoms with Crippen LogP contribution in [-0.4, -0.2) is 15.1 Å². The first kappa shape index (κ1) is 13.2. The lowest BCUT2D eigenvalue weighted by Gasteiger charge is -2.23. The van der Waals surface area contributed by atoms with Crippen molar-refractivity contribution in [3.05, 3.63) is 28.6 Å². The van der Waals surface area contributed by atoms with Gasteiger partial charge in [0.1, 0.15) is 5.69 Å². The molecule has 96 valence electrons. The standard InChI is InChI=1S/C12H15BrN4O/c1-12(2,3)9(14)10-16-11(18-17-10)8-7(13)5-4-6-15-8/h4-6,9H,14H2,1-3H3. The fourth-order valence-corrected chi connectivity index (χ4v) is 1.81. The third kappa shape index (κ3) is 2.59. The van der Waals surface area contributed by atoms with Crippen LogP contribution in [0, 0.1) is 5.41 Å². The van der Waals surface area contributed by atoms with Crippen LogP contribution in [0.15, 0.2) is 27.3 Å². The van der Waals surface area contributed by atoms with Crippen molar-refractivity contribution in [1.82, 2.24) is 15.1 Å². The Balaban J connectivity index is 2.35. The van der Waals surface area contributed by atoms with Crippen molar-refractivity contribution in [1.29, 1.82) is 0 Å². The molecule has 2 N–H and O–H groups in total. The van der Waals surface area contributed by atoms with Crippen molar-refractivity contribution >= 4 is 15.9 Å². The second kappa shape index (κ2) is 4.78. The normalized spacial score (nSPS) is 13.6. The number of nitrogens with two attached hydrogens (primary N) is 1. The highest BCUT2D eigenvalue weighted by Gasteiger charge is 2.27. The second-order valence-corrected chi connectivity index (χ2v) is 5.99. The predicted molar refractivity (Wildman–Crippen MR) is 71.6 cm³/mol. The lowest BCUT2D eigenvalue weighted by atomic mass is 9.87. The van der Waals surface area contributed by atoms with Gasteiger partial charge < -0.3 is 10.3 Å². The molecule has 0 spiro atoms. The van der Waals surface area contributed by atoms with E-state index in [0.717, 1.165) is 4.47 Å². The maximum absolute atomic E-state index is 6.08. The van der Waals surface area contributed by atoms with Gasteiger partial charge in [-0.1, -0.05) is 25.9 Å². The van der Waals surface area contributed by atoms with Crippen molar-refractivity contribution in [2.45, 2.75) is 26.8 Å². The zero-order valence-corrected chi connectivity index (χ0v) is 12.1. The van der Waals surface area contributed by atoms with Gasteiger partial charge in [0.25, 0.3) is 5.89 Å². The number of hydrogen-bond donors (Lipinski definition) is 1. The minimum atomic E-state index is -0.280. The molecule has 0 radical (unpaired) electrons. The van der Waals surface area contributed by atoms with E-state index in [4.69, 9.17) is 10.3 Å². The predicted octanol–water partition coefficient (Wildman–Crippen LogP) is 2.94. The molecule has 0 saturated carbocycles. The van der Waals surface area contributed by atoms with Gasteiger partial charge in [0.2, 0.25) is 0 Å². The van der Waals surface area contributed by atoms with Gasteiger partial charge in [-0.25, -0.2) is 4.98 Å². The Labute approximate surface area is 114 Å². The van der Waals surface area contributed by atoms with E-state index in [-0.39, 0.29) is 11.5 Å². The lowest BCUT2D eigenvalue weighted by molar-refractivity contribution is 0.303. The van der Waals surface area contributed by atoms with Crippen molar-refractivity contribution in [2.75, 3.05) is 0 Å². The highest BCUT2D eigenvalue weighted by molar-refractivity contribution is 9.10. The Kier molecular flexibility index (Phi) is 3.49. The van der Waals surface area contributed by atoms with Crippen LogP contribution in [-0.2, 0) is 0 Å². The average Bonchev–Trinajstić information content (AvgIpc) is 2.76. The summed E-state index contributed by atoms with van der Waals surface area (Å²) >= 11 is 3.40. The van der Waals surface area contributed by atoms with Crippen LogP contribution in [0.5, 0.6) is 0 Å². The third-order valence-electron chi connectivity index (χ3n) is 2.61. The molecule has 1 atom stereocenters. The van der Waals surface area contributed by atoms with Crippen LogP contribution in [0.3, 0.4) is 0 Å². The van der Waals surface area contributed by atoms with Crippen molar-refractivity contribution in [3.63, 3.8) is 0 Å². The topological polar surface area (TPSA) is 77.8 Å². The van der Waals surface area contributed by atoms with E-state index in [2.05, 4.69) is 31.1 Å². The van der Waals surface area contributed by atoms with E-state index >= 15 is 0 Å². The minimum Gasteiger partial charge on any atom is -0.332 e. The zero-order chi connectivity index (χ0) is 13.3. The molecule has 0 saturated heterocycles. The van der Waals surface area contributed by atoms with E-state index in [9.17, 15) is 0 Å². The van der Waals surface area contributed by atoms with E-state index in [0.29, 0.717) is 17.4 Å². The molecule has 0 aliphatic heterocycles. The number of nitrogens with zero attached hydrogens (tertiary/aromatic N) is 3. The molecule has 18 heavy (non-hydrogen) atoms. The number of rotatable bonds is 2. The fraction of sp³-hybridized carbons (Fsp3) is 0.417. The second-order valence-electron chi connectivity index (χ2n) is 5.14. The van der Waals surface area contributed by atoms with Gasteiger partial charge in [-0.15, -0.1) is 0 Å². The molecule has 0 aliphatic carbocycles. The molecule has 0 bridgehead atoms. The Morgan fingerprint density at radius 3 is 2.72 bits per heavy atom. The molecule has 1 unspecified atom stereocenters. The highest BCUT2D eigenvalue weighted by Crippen LogP contribution is 2.30. The SMILES string of the molecule is CC(C)(C)C(N)c1noc(-c2ncccc2Br)n1. The monoisotopic (exact) mass is 310 g/mol. The Bertz CT molecular complexity index is 547. The highest BCUT2D eigenvalue weighted by atomic mass is 79.9. The zero-order valence-electron chi connectivity index (χ0n) is 10.5. The third-order valence-corrected chi connectivity index (χ3v) is 3.25. The number of halogens is 1. The van der Waals surface area contributed by atoms with Crippen LogP contribution >= 0.6 is 15.9 Å². The molecule has 5 nitrogen and oxygen atoms in total. The molecule has 2 rings (SSSR count). The van der Waals surface area contributed by atoms with Crippen molar-refractivity contribution in [2.24, 2.45) is 11.1 Å². The summed E-state index contributed by atoms with van der Waals surface area (Å²) in [6.07, 6.45) is 1.67. The summed E-state index contributed by atoms with van der Waals surface area (Å²) in [5.41, 5.74) is 6.58. The van der Waals surface area contributed by atoms with Crippen LogP contribution in [0.2, 0.25) is 0 Å². The van der Waals surface area contributed by atoms with Gasteiger partial charge in [-0.2, -0.15) is 4.98 Å². The van der Waals surface area contributed by atoms with Gasteiger partial charge in [0, 0.05) is 10.7 Å². The van der Waals surface area contributed by atoms with Crippen LogP contribution in [0.25, 0.3) is 11.6 Å². The smallest absolute Gasteiger partial charge is 0.277 e. The average molecular weight is 311 g/mol. The van der Waals surface area contributed by atoms with Gasteiger partial charge in [0.05, 0.1) is 6.04 Å². The van der Waals surface area contributed by atoms with Gasteiger partial charge in [-0.3, -0.25) is 0 Å². The Hall–Kier alpha value is -1.27. The van der Waals surface area contributed by atoms with Crippen LogP contribution in [0.4, 0.5) is 0 Å². The van der Waals surface area contributed by atoms with Crippen molar-refractivity contribution in [3.8, 4) is 11.6 Å². The molecular weight excluding hydrogens is 296 g/mol. The first-order chi connectivity index (χ1) is 8.39. The molecule has 0 amide bonds. The van der Waals surface area contributed by atoms with Crippen LogP contribution < -0.4 is 5.73 Å². The maximum Gasteiger partial charge on any atom is 0.277 e. The summed E-state index contributed by atoms with van der Waals surface area (Å²) in [7, 11) is 0. The van der Waals surface area contributed by atoms with E-state index < -0.39 is 0 Å². The van der Waals surface area contributed by atoms with E-state index in [1.807, 2.05) is 32.9 Å². The van der Waals surface area contributed by atoms with E-state index in [1.54, 1.807) is 6.20 Å². The largest absolute Gasteiger partial charge is 0.332 e. The minimum absolute atomic E-state index is 0.123. The van der Waals surface area contributed by atoms with Crippen molar-refractivity contribution < 1.29 is 4.52 Å². The van der Waals surface area contributed by atoms with Gasteiger partial charge >= 0.3 is 0 Å². The fourth-order valence-electron chi connectivity index (χ4n) is 1.39. The molecule has 2 aromatic heterocycles. The number of aromatic nitrogens is 3. The van der Waals surface area contributed by atoms with E-state index in [1.165, 1.54) is 0 Å². The molecule has 0 aromatic carbocycles. The summed E-state index contributed by atoms with van der Waals surface area (Å²) in [4.78, 5) is 8.51. The number of hydrogen-bond acceptors (Lipinski definition) is 5. The maximum atomic E-state index is 6.08. The molecule has 2 aromatic rings. The summed E-state index contributed by atoms with van der Waals surface area (Å²) < 4.78 is 6.02. The first-order valence-electron chi connectivity index (χ1n) is 5.59. The summed E-state index contributed by atoms with van der Waals surface area (Å²) in [6.45, 7) is 6.10. The Morgan fingerprint density at radius 2 is 2.11 bits per heavy atom. The van der Waals surface area contributed by atoms with Crippen LogP contribution in [0.1, 0.15) is 32.6 Å². The summed E-state index contributed by atoms with van der Waals surface area (Å²) in [6, 6.07) is 3.42. The lowest BCUT2D eigenvalue weighted by Crippen LogP contribution is -2.27. The molecule has 2 heterocycles. The van der Waals surface area contributed by atoms with Gasteiger partial charge in [-0.05, 0) is 33.5 Å². The molecule has 0 fully saturated rings. The summed E-state index contributed by atoms with van der Waals surface area (Å²) in [5.74, 6) is 0.868. The first-order valence-corrected chi connectivity index (χ1v) is 6.39.